The van der Waals surface area contributed by atoms with Gasteiger partial charge in [0.15, 0.2) is 0 Å². The zero-order valence-corrected chi connectivity index (χ0v) is 15.5. The summed E-state index contributed by atoms with van der Waals surface area (Å²) in [4.78, 5) is 24.8. The molecule has 0 aliphatic carbocycles. The Bertz CT molecular complexity index is 824. The van der Waals surface area contributed by atoms with Gasteiger partial charge in [0.2, 0.25) is 0 Å². The van der Waals surface area contributed by atoms with Crippen molar-refractivity contribution in [2.24, 2.45) is 0 Å². The van der Waals surface area contributed by atoms with Gasteiger partial charge in [0.1, 0.15) is 0 Å². The zero-order valence-electron chi connectivity index (χ0n) is 13.8. The minimum atomic E-state index is -0.490. The van der Waals surface area contributed by atoms with Crippen LogP contribution in [0.15, 0.2) is 60.7 Å². The molecule has 126 valence electrons. The summed E-state index contributed by atoms with van der Waals surface area (Å²) in [6.07, 6.45) is 0. The Morgan fingerprint density at radius 3 is 1.36 bits per heavy atom. The monoisotopic (exact) mass is 400 g/mol. The molecule has 0 atom stereocenters. The van der Waals surface area contributed by atoms with Crippen molar-refractivity contribution in [1.29, 1.82) is 0 Å². The van der Waals surface area contributed by atoms with Crippen molar-refractivity contribution in [3.05, 3.63) is 69.5 Å². The number of hydrogen-bond donors (Lipinski definition) is 0. The van der Waals surface area contributed by atoms with E-state index in [0.717, 1.165) is 22.3 Å². The number of methoxy groups -OCH3 is 2. The van der Waals surface area contributed by atoms with E-state index in [1.165, 1.54) is 14.2 Å². The van der Waals surface area contributed by atoms with Crippen LogP contribution < -0.4 is 0 Å². The molecule has 0 radical (unpaired) electrons. The Morgan fingerprint density at radius 1 is 0.680 bits per heavy atom. The topological polar surface area (TPSA) is 52.6 Å². The van der Waals surface area contributed by atoms with Gasteiger partial charge in [-0.15, -0.1) is 0 Å². The van der Waals surface area contributed by atoms with Crippen LogP contribution in [0.2, 0.25) is 0 Å². The van der Waals surface area contributed by atoms with Gasteiger partial charge in [-0.1, -0.05) is 0 Å². The molecule has 0 fully saturated rings. The first-order valence-corrected chi connectivity index (χ1v) is 9.33. The third kappa shape index (κ3) is 3.29. The molecule has 0 saturated carbocycles. The molecule has 4 nitrogen and oxygen atoms in total. The summed E-state index contributed by atoms with van der Waals surface area (Å²) in [6, 6.07) is 19.2. The molecule has 3 rings (SSSR count). The van der Waals surface area contributed by atoms with Crippen LogP contribution in [0, 0.1) is 0 Å². The molecular formula is C20H16O4Se. The molecule has 2 aromatic carbocycles. The van der Waals surface area contributed by atoms with Crippen molar-refractivity contribution in [3.8, 4) is 22.3 Å². The third-order valence-electron chi connectivity index (χ3n) is 3.77. The van der Waals surface area contributed by atoms with Gasteiger partial charge in [-0.05, 0) is 0 Å². The van der Waals surface area contributed by atoms with E-state index in [2.05, 4.69) is 0 Å². The van der Waals surface area contributed by atoms with E-state index in [1.54, 1.807) is 0 Å². The molecule has 0 saturated heterocycles. The van der Waals surface area contributed by atoms with Crippen LogP contribution in [0.3, 0.4) is 0 Å². The van der Waals surface area contributed by atoms with Crippen molar-refractivity contribution >= 4 is 26.4 Å². The molecule has 0 bridgehead atoms. The number of rotatable bonds is 4. The number of carbonyl (C=O) groups is 2. The van der Waals surface area contributed by atoms with E-state index in [1.807, 2.05) is 60.7 Å². The van der Waals surface area contributed by atoms with Gasteiger partial charge >= 0.3 is 152 Å². The molecular weight excluding hydrogens is 383 g/mol. The fourth-order valence-corrected chi connectivity index (χ4v) is 5.14. The normalized spacial score (nSPS) is 10.3. The maximum atomic E-state index is 12.4. The number of ether oxygens (including phenoxy) is 2. The summed E-state index contributed by atoms with van der Waals surface area (Å²) in [5.41, 5.74) is 3.25. The van der Waals surface area contributed by atoms with Crippen molar-refractivity contribution in [2.75, 3.05) is 14.2 Å². The number of benzene rings is 2. The predicted octanol–water partition coefficient (Wildman–Crippen LogP) is 3.65. The van der Waals surface area contributed by atoms with Crippen LogP contribution in [0.5, 0.6) is 0 Å². The number of carbonyl (C=O) groups excluding carboxylic acids is 2. The molecule has 0 aliphatic rings. The second-order valence-corrected chi connectivity index (χ2v) is 7.37. The molecule has 0 spiro atoms. The number of hydrogen-bond acceptors (Lipinski definition) is 4. The van der Waals surface area contributed by atoms with E-state index in [0.29, 0.717) is 8.87 Å². The summed E-state index contributed by atoms with van der Waals surface area (Å²) in [5.74, 6) is -0.822. The standard InChI is InChI=1S/C20H16O4Se/c1-23-19(21)17-15(13-9-5-3-6-10-13)16(14-11-7-4-8-12-14)18(25-17)20(22)24-2/h3-12H,1-2H3. The molecule has 1 aromatic heterocycles. The van der Waals surface area contributed by atoms with Crippen LogP contribution in [0.25, 0.3) is 22.3 Å². The summed E-state index contributed by atoms with van der Waals surface area (Å²) in [6.45, 7) is 0. The second-order valence-electron chi connectivity index (χ2n) is 5.23. The first-order valence-electron chi connectivity index (χ1n) is 7.61. The molecule has 5 heteroatoms. The molecule has 0 unspecified atom stereocenters. The summed E-state index contributed by atoms with van der Waals surface area (Å²) in [7, 11) is 2.71. The molecule has 0 aliphatic heterocycles. The molecule has 1 heterocycles. The van der Waals surface area contributed by atoms with Gasteiger partial charge < -0.3 is 0 Å². The van der Waals surface area contributed by atoms with E-state index >= 15 is 0 Å². The van der Waals surface area contributed by atoms with E-state index in [9.17, 15) is 9.59 Å². The second kappa shape index (κ2) is 7.51. The molecule has 0 amide bonds. The SMILES string of the molecule is COC(=O)c1[se]c(C(=O)OC)c(-c2ccccc2)c1-c1ccccc1. The molecule has 0 N–H and O–H groups in total. The number of esters is 2. The Kier molecular flexibility index (Phi) is 5.17. The van der Waals surface area contributed by atoms with Gasteiger partial charge in [-0.25, -0.2) is 0 Å². The Labute approximate surface area is 151 Å². The van der Waals surface area contributed by atoms with Crippen molar-refractivity contribution < 1.29 is 19.1 Å². The summed E-state index contributed by atoms with van der Waals surface area (Å²) >= 11 is -0.490. The third-order valence-corrected chi connectivity index (χ3v) is 6.19. The first kappa shape index (κ1) is 17.2. The summed E-state index contributed by atoms with van der Waals surface area (Å²) < 4.78 is 11.0. The van der Waals surface area contributed by atoms with E-state index in [4.69, 9.17) is 9.47 Å². The first-order chi connectivity index (χ1) is 12.2. The van der Waals surface area contributed by atoms with Crippen LogP contribution in [-0.2, 0) is 9.47 Å². The fraction of sp³-hybridized carbons (Fsp3) is 0.100. The maximum absolute atomic E-state index is 12.4. The van der Waals surface area contributed by atoms with Gasteiger partial charge in [0.05, 0.1) is 0 Å². The zero-order chi connectivity index (χ0) is 17.8. The summed E-state index contributed by atoms with van der Waals surface area (Å²) in [5, 5.41) is 0. The van der Waals surface area contributed by atoms with Crippen molar-refractivity contribution in [3.63, 3.8) is 0 Å². The Balaban J connectivity index is 2.38. The molecule has 3 aromatic rings. The Morgan fingerprint density at radius 2 is 1.04 bits per heavy atom. The predicted molar refractivity (Wildman–Crippen MR) is 96.9 cm³/mol. The van der Waals surface area contributed by atoms with Crippen LogP contribution in [-0.4, -0.2) is 40.7 Å². The molecule has 25 heavy (non-hydrogen) atoms. The van der Waals surface area contributed by atoms with Crippen LogP contribution in [0.4, 0.5) is 0 Å². The van der Waals surface area contributed by atoms with Gasteiger partial charge in [0, 0.05) is 0 Å². The fourth-order valence-electron chi connectivity index (χ4n) is 2.66. The van der Waals surface area contributed by atoms with Gasteiger partial charge in [-0.3, -0.25) is 0 Å². The van der Waals surface area contributed by atoms with Crippen LogP contribution >= 0.6 is 0 Å². The van der Waals surface area contributed by atoms with Gasteiger partial charge in [-0.2, -0.15) is 0 Å². The average Bonchev–Trinajstić information content (AvgIpc) is 3.08. The Hall–Kier alpha value is -2.62. The minimum absolute atomic E-state index is 0.411. The average molecular weight is 399 g/mol. The van der Waals surface area contributed by atoms with Crippen molar-refractivity contribution in [1.82, 2.24) is 0 Å². The van der Waals surface area contributed by atoms with Crippen LogP contribution in [0.1, 0.15) is 18.5 Å². The van der Waals surface area contributed by atoms with Crippen molar-refractivity contribution in [2.45, 2.75) is 0 Å². The quantitative estimate of drug-likeness (QED) is 0.497. The van der Waals surface area contributed by atoms with E-state index < -0.39 is 26.4 Å². The van der Waals surface area contributed by atoms with E-state index in [-0.39, 0.29) is 0 Å². The van der Waals surface area contributed by atoms with Gasteiger partial charge in [0.25, 0.3) is 0 Å².